The van der Waals surface area contributed by atoms with Crippen LogP contribution in [-0.2, 0) is 6.42 Å². The smallest absolute Gasteiger partial charge is 0.175 e. The number of hydrogen-bond donors (Lipinski definition) is 1. The Kier molecular flexibility index (Phi) is 3.04. The summed E-state index contributed by atoms with van der Waals surface area (Å²) in [5, 5.41) is 20.6. The van der Waals surface area contributed by atoms with Crippen molar-refractivity contribution in [1.82, 2.24) is 20.0 Å². The number of aryl methyl sites for hydroxylation is 1. The topological polar surface area (TPSA) is 63.8 Å². The van der Waals surface area contributed by atoms with Crippen molar-refractivity contribution in [2.24, 2.45) is 0 Å². The van der Waals surface area contributed by atoms with Gasteiger partial charge in [-0.15, -0.1) is 5.10 Å². The van der Waals surface area contributed by atoms with Gasteiger partial charge in [0.05, 0.1) is 6.20 Å². The van der Waals surface area contributed by atoms with E-state index >= 15 is 0 Å². The van der Waals surface area contributed by atoms with Crippen molar-refractivity contribution in [1.29, 1.82) is 0 Å². The molecule has 0 aliphatic heterocycles. The van der Waals surface area contributed by atoms with Crippen LogP contribution in [0.25, 0.3) is 5.82 Å². The number of aliphatic hydroxyl groups excluding tert-OH is 1. The average Bonchev–Trinajstić information content (AvgIpc) is 2.76. The van der Waals surface area contributed by atoms with Crippen LogP contribution in [-0.4, -0.2) is 31.7 Å². The maximum Gasteiger partial charge on any atom is 0.175 e. The van der Waals surface area contributed by atoms with Crippen LogP contribution in [0.2, 0.25) is 0 Å². The number of rotatable bonds is 4. The molecular weight excluding hydrogens is 192 g/mol. The molecule has 0 spiro atoms. The summed E-state index contributed by atoms with van der Waals surface area (Å²) in [5.74, 6) is 0.702. The first kappa shape index (κ1) is 9.79. The molecule has 0 amide bonds. The van der Waals surface area contributed by atoms with Crippen LogP contribution in [0.3, 0.4) is 0 Å². The summed E-state index contributed by atoms with van der Waals surface area (Å²) in [6.07, 6.45) is 6.90. The van der Waals surface area contributed by atoms with E-state index in [1.165, 1.54) is 0 Å². The molecule has 0 atom stereocenters. The largest absolute Gasteiger partial charge is 0.396 e. The molecule has 0 unspecified atom stereocenters. The molecule has 0 aliphatic rings. The van der Waals surface area contributed by atoms with Crippen molar-refractivity contribution in [2.75, 3.05) is 6.61 Å². The van der Waals surface area contributed by atoms with Gasteiger partial charge in [-0.1, -0.05) is 0 Å². The summed E-state index contributed by atoms with van der Waals surface area (Å²) in [7, 11) is 0. The fourth-order valence-electron chi connectivity index (χ4n) is 1.31. The van der Waals surface area contributed by atoms with Crippen LogP contribution in [0.15, 0.2) is 30.7 Å². The van der Waals surface area contributed by atoms with Gasteiger partial charge in [0.15, 0.2) is 5.82 Å². The Bertz CT molecular complexity index is 412. The molecule has 0 saturated carbocycles. The van der Waals surface area contributed by atoms with Gasteiger partial charge in [0.25, 0.3) is 0 Å². The van der Waals surface area contributed by atoms with E-state index in [2.05, 4.69) is 15.3 Å². The lowest BCUT2D eigenvalue weighted by molar-refractivity contribution is 0.288. The minimum atomic E-state index is 0.205. The van der Waals surface area contributed by atoms with E-state index in [1.54, 1.807) is 17.1 Å². The molecule has 15 heavy (non-hydrogen) atoms. The van der Waals surface area contributed by atoms with Crippen LogP contribution < -0.4 is 0 Å². The maximum absolute atomic E-state index is 8.70. The van der Waals surface area contributed by atoms with E-state index in [4.69, 9.17) is 5.11 Å². The van der Waals surface area contributed by atoms with Crippen LogP contribution in [0, 0.1) is 0 Å². The Morgan fingerprint density at radius 3 is 3.07 bits per heavy atom. The highest BCUT2D eigenvalue weighted by molar-refractivity contribution is 5.20. The van der Waals surface area contributed by atoms with Gasteiger partial charge >= 0.3 is 0 Å². The van der Waals surface area contributed by atoms with Gasteiger partial charge in [0.1, 0.15) is 0 Å². The molecule has 5 heteroatoms. The third-order valence-corrected chi connectivity index (χ3v) is 2.05. The van der Waals surface area contributed by atoms with E-state index in [-0.39, 0.29) is 6.61 Å². The predicted molar refractivity (Wildman–Crippen MR) is 54.6 cm³/mol. The van der Waals surface area contributed by atoms with Crippen molar-refractivity contribution >= 4 is 0 Å². The van der Waals surface area contributed by atoms with Crippen molar-refractivity contribution in [3.63, 3.8) is 0 Å². The molecule has 1 N–H and O–H groups in total. The monoisotopic (exact) mass is 204 g/mol. The highest BCUT2D eigenvalue weighted by Gasteiger charge is 2.01. The molecular formula is C10H12N4O. The summed E-state index contributed by atoms with van der Waals surface area (Å²) < 4.78 is 1.68. The van der Waals surface area contributed by atoms with E-state index in [9.17, 15) is 0 Å². The van der Waals surface area contributed by atoms with Gasteiger partial charge in [-0.05, 0) is 30.5 Å². The Hall–Kier alpha value is -1.75. The standard InChI is InChI=1S/C10H12N4O/c15-6-2-3-9-7-12-14(8-9)10-4-1-5-11-13-10/h1,4-5,7-8,15H,2-3,6H2. The highest BCUT2D eigenvalue weighted by Crippen LogP contribution is 2.05. The second kappa shape index (κ2) is 4.65. The SMILES string of the molecule is OCCCc1cnn(-c2cccnn2)c1. The lowest BCUT2D eigenvalue weighted by Gasteiger charge is -1.96. The Balaban J connectivity index is 2.14. The molecule has 2 heterocycles. The summed E-state index contributed by atoms with van der Waals surface area (Å²) >= 11 is 0. The molecule has 0 radical (unpaired) electrons. The van der Waals surface area contributed by atoms with Crippen molar-refractivity contribution in [3.8, 4) is 5.82 Å². The predicted octanol–water partition coefficient (Wildman–Crippen LogP) is 0.587. The first-order valence-electron chi connectivity index (χ1n) is 4.82. The third-order valence-electron chi connectivity index (χ3n) is 2.05. The van der Waals surface area contributed by atoms with Gasteiger partial charge in [0, 0.05) is 19.0 Å². The van der Waals surface area contributed by atoms with Gasteiger partial charge in [0.2, 0.25) is 0 Å². The molecule has 2 aromatic rings. The van der Waals surface area contributed by atoms with Crippen LogP contribution >= 0.6 is 0 Å². The quantitative estimate of drug-likeness (QED) is 0.791. The number of nitrogens with zero attached hydrogens (tertiary/aromatic N) is 4. The Morgan fingerprint density at radius 2 is 2.33 bits per heavy atom. The Morgan fingerprint density at radius 1 is 1.40 bits per heavy atom. The average molecular weight is 204 g/mol. The lowest BCUT2D eigenvalue weighted by Crippen LogP contribution is -1.98. The van der Waals surface area contributed by atoms with Crippen LogP contribution in [0.4, 0.5) is 0 Å². The maximum atomic E-state index is 8.70. The minimum Gasteiger partial charge on any atom is -0.396 e. The summed E-state index contributed by atoms with van der Waals surface area (Å²) in [6, 6.07) is 3.66. The van der Waals surface area contributed by atoms with Crippen LogP contribution in [0.5, 0.6) is 0 Å². The zero-order valence-electron chi connectivity index (χ0n) is 8.24. The summed E-state index contributed by atoms with van der Waals surface area (Å²) in [4.78, 5) is 0. The van der Waals surface area contributed by atoms with Crippen molar-refractivity contribution in [3.05, 3.63) is 36.3 Å². The normalized spacial score (nSPS) is 10.5. The molecule has 2 rings (SSSR count). The van der Waals surface area contributed by atoms with Gasteiger partial charge < -0.3 is 5.11 Å². The van der Waals surface area contributed by atoms with Gasteiger partial charge in [-0.3, -0.25) is 0 Å². The molecule has 0 fully saturated rings. The van der Waals surface area contributed by atoms with E-state index in [1.807, 2.05) is 18.3 Å². The second-order valence-electron chi connectivity index (χ2n) is 3.20. The molecule has 5 nitrogen and oxygen atoms in total. The molecule has 2 aromatic heterocycles. The van der Waals surface area contributed by atoms with E-state index in [0.29, 0.717) is 5.82 Å². The first-order valence-corrected chi connectivity index (χ1v) is 4.82. The second-order valence-corrected chi connectivity index (χ2v) is 3.20. The minimum absolute atomic E-state index is 0.205. The zero-order chi connectivity index (χ0) is 10.5. The number of aromatic nitrogens is 4. The highest BCUT2D eigenvalue weighted by atomic mass is 16.2. The first-order chi connectivity index (χ1) is 7.40. The molecule has 0 aromatic carbocycles. The molecule has 0 saturated heterocycles. The Labute approximate surface area is 87.4 Å². The van der Waals surface area contributed by atoms with Gasteiger partial charge in [-0.2, -0.15) is 10.2 Å². The van der Waals surface area contributed by atoms with Crippen LogP contribution in [0.1, 0.15) is 12.0 Å². The summed E-state index contributed by atoms with van der Waals surface area (Å²) in [5.41, 5.74) is 1.09. The molecule has 0 bridgehead atoms. The van der Waals surface area contributed by atoms with Crippen molar-refractivity contribution < 1.29 is 5.11 Å². The zero-order valence-corrected chi connectivity index (χ0v) is 8.24. The lowest BCUT2D eigenvalue weighted by atomic mass is 10.2. The fraction of sp³-hybridized carbons (Fsp3) is 0.300. The van der Waals surface area contributed by atoms with E-state index in [0.717, 1.165) is 18.4 Å². The van der Waals surface area contributed by atoms with Crippen molar-refractivity contribution in [2.45, 2.75) is 12.8 Å². The number of hydrogen-bond acceptors (Lipinski definition) is 4. The molecule has 0 aliphatic carbocycles. The summed E-state index contributed by atoms with van der Waals surface area (Å²) in [6.45, 7) is 0.205. The van der Waals surface area contributed by atoms with E-state index < -0.39 is 0 Å². The number of aliphatic hydroxyl groups is 1. The van der Waals surface area contributed by atoms with Gasteiger partial charge in [-0.25, -0.2) is 4.68 Å². The third kappa shape index (κ3) is 2.38. The fourth-order valence-corrected chi connectivity index (χ4v) is 1.31. The molecule has 78 valence electrons.